The van der Waals surface area contributed by atoms with Crippen LogP contribution < -0.4 is 0 Å². The Morgan fingerprint density at radius 2 is 1.95 bits per heavy atom. The maximum atomic E-state index is 11.9. The zero-order valence-electron chi connectivity index (χ0n) is 12.2. The summed E-state index contributed by atoms with van der Waals surface area (Å²) in [5.41, 5.74) is 2.40. The van der Waals surface area contributed by atoms with E-state index in [0.29, 0.717) is 12.0 Å². The van der Waals surface area contributed by atoms with Crippen LogP contribution in [0.3, 0.4) is 0 Å². The van der Waals surface area contributed by atoms with E-state index >= 15 is 0 Å². The van der Waals surface area contributed by atoms with Crippen LogP contribution in [0.4, 0.5) is 0 Å². The summed E-state index contributed by atoms with van der Waals surface area (Å²) in [6.45, 7) is 2.12. The molecule has 1 radical (unpaired) electrons. The van der Waals surface area contributed by atoms with E-state index in [4.69, 9.17) is 0 Å². The Bertz CT molecular complexity index is 609. The van der Waals surface area contributed by atoms with Crippen molar-refractivity contribution in [3.05, 3.63) is 53.1 Å². The Balaban J connectivity index is 2.28. The standard InChI is InChI=1S/C18H19O3/c1-2-3-4-7-14-12-13(10-11-17(14)19)15-8-5-6-9-16(15)18(20)21/h5-6,8-10,12H,2-4,7,11H2,1H3. The first-order chi connectivity index (χ1) is 10.1. The number of hydrogen-bond donors (Lipinski definition) is 0. The van der Waals surface area contributed by atoms with Crippen LogP contribution in [0.15, 0.2) is 42.0 Å². The Labute approximate surface area is 125 Å². The van der Waals surface area contributed by atoms with Gasteiger partial charge in [-0.25, -0.2) is 9.90 Å². The largest absolute Gasteiger partial charge is 0.386 e. The Hall–Kier alpha value is -2.16. The molecule has 0 saturated heterocycles. The molecule has 3 heteroatoms. The van der Waals surface area contributed by atoms with Gasteiger partial charge in [0.25, 0.3) is 0 Å². The number of Topliss-reactive ketones (excluding diaryl/α,β-unsaturated/α-hetero) is 1. The van der Waals surface area contributed by atoms with E-state index < -0.39 is 5.97 Å². The van der Waals surface area contributed by atoms with Crippen LogP contribution in [0.1, 0.15) is 54.9 Å². The molecule has 109 valence electrons. The number of hydrogen-bond acceptors (Lipinski definition) is 2. The average molecular weight is 283 g/mol. The fourth-order valence-electron chi connectivity index (χ4n) is 2.54. The lowest BCUT2D eigenvalue weighted by molar-refractivity contribution is -0.115. The zero-order valence-corrected chi connectivity index (χ0v) is 12.2. The molecule has 3 nitrogen and oxygen atoms in total. The van der Waals surface area contributed by atoms with Crippen molar-refractivity contribution in [3.8, 4) is 0 Å². The Kier molecular flexibility index (Phi) is 5.09. The number of carbonyl (C=O) groups is 2. The van der Waals surface area contributed by atoms with Gasteiger partial charge in [0.05, 0.1) is 5.56 Å². The summed E-state index contributed by atoms with van der Waals surface area (Å²) in [4.78, 5) is 23.1. The summed E-state index contributed by atoms with van der Waals surface area (Å²) in [5, 5.41) is 11.2. The highest BCUT2D eigenvalue weighted by Crippen LogP contribution is 2.28. The molecule has 1 aromatic rings. The molecule has 0 fully saturated rings. The third-order valence-corrected chi connectivity index (χ3v) is 3.70. The second-order valence-electron chi connectivity index (χ2n) is 5.25. The summed E-state index contributed by atoms with van der Waals surface area (Å²) in [6, 6.07) is 6.76. The van der Waals surface area contributed by atoms with E-state index in [0.717, 1.165) is 36.8 Å². The van der Waals surface area contributed by atoms with Crippen LogP contribution in [0.25, 0.3) is 5.57 Å². The van der Waals surface area contributed by atoms with Gasteiger partial charge in [-0.05, 0) is 41.7 Å². The van der Waals surface area contributed by atoms with Gasteiger partial charge in [-0.15, -0.1) is 0 Å². The summed E-state index contributed by atoms with van der Waals surface area (Å²) < 4.78 is 0. The van der Waals surface area contributed by atoms with E-state index in [1.54, 1.807) is 24.3 Å². The van der Waals surface area contributed by atoms with Crippen molar-refractivity contribution in [3.63, 3.8) is 0 Å². The van der Waals surface area contributed by atoms with Crippen molar-refractivity contribution in [2.75, 3.05) is 0 Å². The predicted octanol–water partition coefficient (Wildman–Crippen LogP) is 4.12. The molecule has 21 heavy (non-hydrogen) atoms. The van der Waals surface area contributed by atoms with Crippen molar-refractivity contribution in [1.82, 2.24) is 0 Å². The van der Waals surface area contributed by atoms with Gasteiger partial charge in [0, 0.05) is 6.42 Å². The highest BCUT2D eigenvalue weighted by molar-refractivity contribution is 6.04. The van der Waals surface area contributed by atoms with E-state index in [2.05, 4.69) is 6.92 Å². The number of ketones is 1. The molecule has 0 spiro atoms. The normalized spacial score (nSPS) is 14.6. The molecule has 2 rings (SSSR count). The van der Waals surface area contributed by atoms with Crippen LogP contribution in [0.2, 0.25) is 0 Å². The molecule has 0 bridgehead atoms. The van der Waals surface area contributed by atoms with Gasteiger partial charge < -0.3 is 0 Å². The lowest BCUT2D eigenvalue weighted by atomic mass is 9.89. The molecular formula is C18H19O3. The zero-order chi connectivity index (χ0) is 15.2. The molecular weight excluding hydrogens is 264 g/mol. The van der Waals surface area contributed by atoms with Crippen LogP contribution in [0, 0.1) is 0 Å². The molecule has 0 unspecified atom stereocenters. The quantitative estimate of drug-likeness (QED) is 0.737. The van der Waals surface area contributed by atoms with Gasteiger partial charge in [-0.2, -0.15) is 0 Å². The Morgan fingerprint density at radius 3 is 2.67 bits per heavy atom. The number of rotatable bonds is 6. The van der Waals surface area contributed by atoms with Crippen LogP contribution in [-0.2, 0) is 9.90 Å². The fraction of sp³-hybridized carbons (Fsp3) is 0.333. The van der Waals surface area contributed by atoms with Crippen molar-refractivity contribution in [2.24, 2.45) is 0 Å². The highest BCUT2D eigenvalue weighted by atomic mass is 16.4. The maximum absolute atomic E-state index is 11.9. The predicted molar refractivity (Wildman–Crippen MR) is 81.3 cm³/mol. The smallest absolute Gasteiger partial charge is 0.294 e. The van der Waals surface area contributed by atoms with E-state index in [1.165, 1.54) is 6.07 Å². The minimum atomic E-state index is -1.19. The van der Waals surface area contributed by atoms with E-state index in [-0.39, 0.29) is 11.3 Å². The number of benzene rings is 1. The summed E-state index contributed by atoms with van der Waals surface area (Å²) in [5.74, 6) is -1.05. The lowest BCUT2D eigenvalue weighted by Gasteiger charge is -2.14. The molecule has 0 amide bonds. The average Bonchev–Trinajstić information content (AvgIpc) is 2.49. The minimum absolute atomic E-state index is 0.140. The minimum Gasteiger partial charge on any atom is -0.294 e. The highest BCUT2D eigenvalue weighted by Gasteiger charge is 2.18. The summed E-state index contributed by atoms with van der Waals surface area (Å²) in [7, 11) is 0. The van der Waals surface area contributed by atoms with Gasteiger partial charge in [-0.3, -0.25) is 4.79 Å². The first-order valence-electron chi connectivity index (χ1n) is 7.38. The summed E-state index contributed by atoms with van der Waals surface area (Å²) >= 11 is 0. The van der Waals surface area contributed by atoms with Crippen molar-refractivity contribution >= 4 is 17.3 Å². The van der Waals surface area contributed by atoms with Gasteiger partial charge in [-0.1, -0.05) is 44.0 Å². The van der Waals surface area contributed by atoms with Crippen LogP contribution >= 0.6 is 0 Å². The topological polar surface area (TPSA) is 54.0 Å². The SMILES string of the molecule is CCCCCC1=CC(c2ccccc2C([O])=O)=CCC1=O. The van der Waals surface area contributed by atoms with Crippen molar-refractivity contribution in [1.29, 1.82) is 0 Å². The first kappa shape index (κ1) is 15.2. The van der Waals surface area contributed by atoms with Gasteiger partial charge >= 0.3 is 5.97 Å². The molecule has 1 aromatic carbocycles. The fourth-order valence-corrected chi connectivity index (χ4v) is 2.54. The third kappa shape index (κ3) is 3.69. The van der Waals surface area contributed by atoms with E-state index in [9.17, 15) is 14.7 Å². The number of carbonyl (C=O) groups excluding carboxylic acids is 2. The summed E-state index contributed by atoms with van der Waals surface area (Å²) in [6.07, 6.45) is 7.93. The molecule has 0 saturated carbocycles. The van der Waals surface area contributed by atoms with Gasteiger partial charge in [0.1, 0.15) is 0 Å². The first-order valence-corrected chi connectivity index (χ1v) is 7.38. The third-order valence-electron chi connectivity index (χ3n) is 3.70. The van der Waals surface area contributed by atoms with Crippen molar-refractivity contribution in [2.45, 2.75) is 39.0 Å². The molecule has 1 aliphatic carbocycles. The van der Waals surface area contributed by atoms with E-state index in [1.807, 2.05) is 6.08 Å². The monoisotopic (exact) mass is 283 g/mol. The molecule has 0 heterocycles. The molecule has 1 aliphatic rings. The Morgan fingerprint density at radius 1 is 1.19 bits per heavy atom. The number of unbranched alkanes of at least 4 members (excludes halogenated alkanes) is 2. The lowest BCUT2D eigenvalue weighted by Crippen LogP contribution is -2.08. The maximum Gasteiger partial charge on any atom is 0.386 e. The second kappa shape index (κ2) is 7.02. The van der Waals surface area contributed by atoms with Gasteiger partial charge in [0.2, 0.25) is 0 Å². The van der Waals surface area contributed by atoms with Crippen LogP contribution in [-0.4, -0.2) is 11.8 Å². The van der Waals surface area contributed by atoms with Crippen molar-refractivity contribution < 1.29 is 14.7 Å². The molecule has 0 aromatic heterocycles. The number of allylic oxidation sites excluding steroid dienone is 4. The van der Waals surface area contributed by atoms with Gasteiger partial charge in [0.15, 0.2) is 5.78 Å². The molecule has 0 N–H and O–H groups in total. The molecule has 0 aliphatic heterocycles. The second-order valence-corrected chi connectivity index (χ2v) is 5.25. The van der Waals surface area contributed by atoms with Crippen LogP contribution in [0.5, 0.6) is 0 Å². The molecule has 0 atom stereocenters.